The van der Waals surface area contributed by atoms with Crippen molar-refractivity contribution in [2.75, 3.05) is 6.61 Å². The molecule has 0 unspecified atom stereocenters. The van der Waals surface area contributed by atoms with Gasteiger partial charge in [0.15, 0.2) is 0 Å². The van der Waals surface area contributed by atoms with E-state index >= 15 is 0 Å². The van der Waals surface area contributed by atoms with E-state index in [1.165, 1.54) is 0 Å². The zero-order valence-electron chi connectivity index (χ0n) is 9.03. The fourth-order valence-corrected chi connectivity index (χ4v) is 1.77. The van der Waals surface area contributed by atoms with Gasteiger partial charge < -0.3 is 9.30 Å². The SMILES string of the molecule is CCOC(=O)c1cc2cc(Cl)ncc2n1C. The molecular formula is C11H11ClN2O2. The van der Waals surface area contributed by atoms with Crippen LogP contribution in [0.25, 0.3) is 10.9 Å². The summed E-state index contributed by atoms with van der Waals surface area (Å²) in [6, 6.07) is 3.47. The summed E-state index contributed by atoms with van der Waals surface area (Å²) in [7, 11) is 1.80. The van der Waals surface area contributed by atoms with Crippen LogP contribution >= 0.6 is 11.6 Å². The Morgan fingerprint density at radius 1 is 1.56 bits per heavy atom. The molecule has 0 spiro atoms. The lowest BCUT2D eigenvalue weighted by Gasteiger charge is -2.02. The van der Waals surface area contributed by atoms with E-state index in [1.54, 1.807) is 36.9 Å². The first-order chi connectivity index (χ1) is 7.63. The molecule has 0 bridgehead atoms. The number of rotatable bonds is 2. The number of carbonyl (C=O) groups excluding carboxylic acids is 1. The predicted octanol–water partition coefficient (Wildman–Crippen LogP) is 2.40. The third kappa shape index (κ3) is 1.76. The largest absolute Gasteiger partial charge is 0.461 e. The maximum absolute atomic E-state index is 11.6. The second kappa shape index (κ2) is 4.14. The molecule has 0 fully saturated rings. The smallest absolute Gasteiger partial charge is 0.354 e. The highest BCUT2D eigenvalue weighted by Crippen LogP contribution is 2.21. The fourth-order valence-electron chi connectivity index (χ4n) is 1.61. The van der Waals surface area contributed by atoms with Crippen molar-refractivity contribution in [3.63, 3.8) is 0 Å². The lowest BCUT2D eigenvalue weighted by Crippen LogP contribution is -2.09. The molecule has 4 nitrogen and oxygen atoms in total. The predicted molar refractivity (Wildman–Crippen MR) is 61.7 cm³/mol. The van der Waals surface area contributed by atoms with Crippen molar-refractivity contribution < 1.29 is 9.53 Å². The molecule has 0 aromatic carbocycles. The maximum atomic E-state index is 11.6. The average Bonchev–Trinajstić information content (AvgIpc) is 2.56. The van der Waals surface area contributed by atoms with Crippen molar-refractivity contribution in [1.82, 2.24) is 9.55 Å². The van der Waals surface area contributed by atoms with E-state index in [1.807, 2.05) is 0 Å². The normalized spacial score (nSPS) is 10.7. The van der Waals surface area contributed by atoms with E-state index in [-0.39, 0.29) is 5.97 Å². The van der Waals surface area contributed by atoms with Crippen LogP contribution in [0.15, 0.2) is 18.3 Å². The van der Waals surface area contributed by atoms with Crippen molar-refractivity contribution in [3.8, 4) is 0 Å². The Bertz CT molecular complexity index is 548. The number of aromatic nitrogens is 2. The summed E-state index contributed by atoms with van der Waals surface area (Å²) in [5.74, 6) is -0.336. The summed E-state index contributed by atoms with van der Waals surface area (Å²) >= 11 is 5.78. The molecule has 84 valence electrons. The molecule has 0 amide bonds. The molecule has 0 saturated heterocycles. The van der Waals surface area contributed by atoms with Crippen molar-refractivity contribution in [1.29, 1.82) is 0 Å². The van der Waals surface area contributed by atoms with E-state index in [0.717, 1.165) is 10.9 Å². The molecule has 2 aromatic heterocycles. The number of hydrogen-bond donors (Lipinski definition) is 0. The van der Waals surface area contributed by atoms with Gasteiger partial charge >= 0.3 is 5.97 Å². The van der Waals surface area contributed by atoms with Crippen LogP contribution in [0.3, 0.4) is 0 Å². The fraction of sp³-hybridized carbons (Fsp3) is 0.273. The molecule has 2 heterocycles. The summed E-state index contributed by atoms with van der Waals surface area (Å²) in [4.78, 5) is 15.6. The standard InChI is InChI=1S/C11H11ClN2O2/c1-3-16-11(15)8-4-7-5-10(12)13-6-9(7)14(8)2/h4-6H,3H2,1-2H3. The number of ether oxygens (including phenoxy) is 1. The number of carbonyl (C=O) groups is 1. The van der Waals surface area contributed by atoms with Gasteiger partial charge in [-0.05, 0) is 19.1 Å². The van der Waals surface area contributed by atoms with Crippen molar-refractivity contribution in [3.05, 3.63) is 29.2 Å². The van der Waals surface area contributed by atoms with Crippen LogP contribution in [0.5, 0.6) is 0 Å². The molecule has 0 atom stereocenters. The van der Waals surface area contributed by atoms with E-state index < -0.39 is 0 Å². The Morgan fingerprint density at radius 3 is 3.00 bits per heavy atom. The van der Waals surface area contributed by atoms with Gasteiger partial charge in [0.25, 0.3) is 0 Å². The van der Waals surface area contributed by atoms with Crippen LogP contribution in [0.1, 0.15) is 17.4 Å². The topological polar surface area (TPSA) is 44.1 Å². The number of hydrogen-bond acceptors (Lipinski definition) is 3. The molecule has 0 aliphatic carbocycles. The van der Waals surface area contributed by atoms with Gasteiger partial charge in [0.2, 0.25) is 0 Å². The third-order valence-corrected chi connectivity index (χ3v) is 2.59. The van der Waals surface area contributed by atoms with E-state index in [2.05, 4.69) is 4.98 Å². The monoisotopic (exact) mass is 238 g/mol. The molecule has 0 aliphatic rings. The van der Waals surface area contributed by atoms with E-state index in [9.17, 15) is 4.79 Å². The molecule has 0 radical (unpaired) electrons. The number of nitrogens with zero attached hydrogens (tertiary/aromatic N) is 2. The minimum atomic E-state index is -0.336. The van der Waals surface area contributed by atoms with E-state index in [0.29, 0.717) is 17.5 Å². The Balaban J connectivity index is 2.55. The van der Waals surface area contributed by atoms with Gasteiger partial charge in [0.05, 0.1) is 18.3 Å². The summed E-state index contributed by atoms with van der Waals surface area (Å²) in [6.45, 7) is 2.14. The summed E-state index contributed by atoms with van der Waals surface area (Å²) in [5, 5.41) is 1.29. The summed E-state index contributed by atoms with van der Waals surface area (Å²) < 4.78 is 6.70. The highest BCUT2D eigenvalue weighted by atomic mass is 35.5. The van der Waals surface area contributed by atoms with E-state index in [4.69, 9.17) is 16.3 Å². The quantitative estimate of drug-likeness (QED) is 0.596. The Hall–Kier alpha value is -1.55. The molecular weight excluding hydrogens is 228 g/mol. The molecule has 0 N–H and O–H groups in total. The first kappa shape index (κ1) is 11.0. The number of esters is 1. The zero-order valence-corrected chi connectivity index (χ0v) is 9.78. The Morgan fingerprint density at radius 2 is 2.31 bits per heavy atom. The number of fused-ring (bicyclic) bond motifs is 1. The van der Waals surface area contributed by atoms with Crippen molar-refractivity contribution in [2.45, 2.75) is 6.92 Å². The lowest BCUT2D eigenvalue weighted by atomic mass is 10.3. The van der Waals surface area contributed by atoms with Crippen LogP contribution in [0, 0.1) is 0 Å². The second-order valence-corrected chi connectivity index (χ2v) is 3.76. The lowest BCUT2D eigenvalue weighted by molar-refractivity contribution is 0.0516. The van der Waals surface area contributed by atoms with Crippen LogP contribution in [-0.2, 0) is 11.8 Å². The average molecular weight is 239 g/mol. The first-order valence-corrected chi connectivity index (χ1v) is 5.29. The molecule has 2 aromatic rings. The minimum Gasteiger partial charge on any atom is -0.461 e. The minimum absolute atomic E-state index is 0.336. The van der Waals surface area contributed by atoms with Crippen LogP contribution in [0.2, 0.25) is 5.15 Å². The molecule has 5 heteroatoms. The van der Waals surface area contributed by atoms with Gasteiger partial charge in [-0.15, -0.1) is 0 Å². The third-order valence-electron chi connectivity index (χ3n) is 2.38. The molecule has 2 rings (SSSR count). The Labute approximate surface area is 97.8 Å². The zero-order chi connectivity index (χ0) is 11.7. The maximum Gasteiger partial charge on any atom is 0.354 e. The number of aryl methyl sites for hydroxylation is 1. The molecule has 16 heavy (non-hydrogen) atoms. The first-order valence-electron chi connectivity index (χ1n) is 4.91. The Kier molecular flexibility index (Phi) is 2.83. The summed E-state index contributed by atoms with van der Waals surface area (Å²) in [6.07, 6.45) is 1.64. The molecule has 0 saturated carbocycles. The van der Waals surface area contributed by atoms with Gasteiger partial charge in [-0.25, -0.2) is 9.78 Å². The highest BCUT2D eigenvalue weighted by Gasteiger charge is 2.14. The second-order valence-electron chi connectivity index (χ2n) is 3.37. The van der Waals surface area contributed by atoms with Crippen molar-refractivity contribution >= 4 is 28.5 Å². The van der Waals surface area contributed by atoms with Gasteiger partial charge in [-0.2, -0.15) is 0 Å². The van der Waals surface area contributed by atoms with Crippen LogP contribution < -0.4 is 0 Å². The van der Waals surface area contributed by atoms with Gasteiger partial charge in [0.1, 0.15) is 10.8 Å². The van der Waals surface area contributed by atoms with Crippen LogP contribution in [0.4, 0.5) is 0 Å². The van der Waals surface area contributed by atoms with Gasteiger partial charge in [-0.3, -0.25) is 0 Å². The molecule has 0 aliphatic heterocycles. The van der Waals surface area contributed by atoms with Gasteiger partial charge in [-0.1, -0.05) is 11.6 Å². The summed E-state index contributed by atoms with van der Waals surface area (Å²) in [5.41, 5.74) is 1.35. The van der Waals surface area contributed by atoms with Crippen molar-refractivity contribution in [2.24, 2.45) is 7.05 Å². The van der Waals surface area contributed by atoms with Gasteiger partial charge in [0, 0.05) is 12.4 Å². The number of halogens is 1. The highest BCUT2D eigenvalue weighted by molar-refractivity contribution is 6.30. The van der Waals surface area contributed by atoms with Crippen LogP contribution in [-0.4, -0.2) is 22.1 Å². The number of pyridine rings is 1.